The molecule has 2 aliphatic heterocycles. The van der Waals surface area contributed by atoms with E-state index >= 15 is 0 Å². The van der Waals surface area contributed by atoms with Gasteiger partial charge in [-0.1, -0.05) is 18.2 Å². The highest BCUT2D eigenvalue weighted by Gasteiger charge is 2.27. The van der Waals surface area contributed by atoms with Crippen LogP contribution >= 0.6 is 0 Å². The minimum atomic E-state index is -0.674. The van der Waals surface area contributed by atoms with Crippen molar-refractivity contribution in [3.8, 4) is 11.5 Å². The lowest BCUT2D eigenvalue weighted by Gasteiger charge is -2.36. The number of hydrogen-bond acceptors (Lipinski definition) is 7. The molecule has 8 heteroatoms. The van der Waals surface area contributed by atoms with Crippen LogP contribution < -0.4 is 19.7 Å². The number of fused-ring (bicyclic) bond motifs is 1. The first-order valence-corrected chi connectivity index (χ1v) is 11.9. The first-order valence-electron chi connectivity index (χ1n) is 11.9. The first-order chi connectivity index (χ1) is 17.6. The van der Waals surface area contributed by atoms with Gasteiger partial charge in [0.05, 0.1) is 19.9 Å². The number of piperazine rings is 1. The third kappa shape index (κ3) is 4.49. The first kappa shape index (κ1) is 23.4. The van der Waals surface area contributed by atoms with E-state index in [0.29, 0.717) is 36.0 Å². The smallest absolute Gasteiger partial charge is 0.253 e. The Labute approximate surface area is 210 Å². The van der Waals surface area contributed by atoms with E-state index in [2.05, 4.69) is 15.2 Å². The summed E-state index contributed by atoms with van der Waals surface area (Å²) in [5.74, 6) is 1.87. The van der Waals surface area contributed by atoms with Crippen molar-refractivity contribution in [3.63, 3.8) is 0 Å². The monoisotopic (exact) mass is 484 g/mol. The maximum Gasteiger partial charge on any atom is 0.253 e. The number of aliphatic imine (C=N–C) groups is 1. The number of nitrogens with one attached hydrogen (secondary N) is 1. The predicted octanol–water partition coefficient (Wildman–Crippen LogP) is 3.78. The summed E-state index contributed by atoms with van der Waals surface area (Å²) in [6.45, 7) is 2.87. The van der Waals surface area contributed by atoms with Crippen LogP contribution in [0.15, 0.2) is 71.7 Å². The van der Waals surface area contributed by atoms with Crippen molar-refractivity contribution in [1.82, 2.24) is 4.90 Å². The van der Waals surface area contributed by atoms with E-state index in [1.54, 1.807) is 20.3 Å². The zero-order valence-corrected chi connectivity index (χ0v) is 20.3. The lowest BCUT2D eigenvalue weighted by molar-refractivity contribution is -0.109. The topological polar surface area (TPSA) is 83.5 Å². The number of hydrogen-bond donors (Lipinski definition) is 1. The molecule has 1 N–H and O–H groups in total. The lowest BCUT2D eigenvalue weighted by Crippen LogP contribution is -2.48. The van der Waals surface area contributed by atoms with Gasteiger partial charge in [-0.05, 0) is 36.4 Å². The van der Waals surface area contributed by atoms with Gasteiger partial charge >= 0.3 is 0 Å². The summed E-state index contributed by atoms with van der Waals surface area (Å²) in [5.41, 5.74) is 4.10. The molecule has 1 fully saturated rings. The summed E-state index contributed by atoms with van der Waals surface area (Å²) in [4.78, 5) is 33.4. The second-order valence-electron chi connectivity index (χ2n) is 8.67. The van der Waals surface area contributed by atoms with Crippen molar-refractivity contribution in [1.29, 1.82) is 0 Å². The lowest BCUT2D eigenvalue weighted by atomic mass is 10.0. The molecule has 36 heavy (non-hydrogen) atoms. The Morgan fingerprint density at radius 1 is 0.972 bits per heavy atom. The molecule has 3 aromatic rings. The minimum absolute atomic E-state index is 0.0743. The molecule has 0 aliphatic carbocycles. The van der Waals surface area contributed by atoms with Gasteiger partial charge in [0.2, 0.25) is 0 Å². The summed E-state index contributed by atoms with van der Waals surface area (Å²) in [6, 6.07) is 20.4. The maximum atomic E-state index is 12.7. The van der Waals surface area contributed by atoms with E-state index in [4.69, 9.17) is 9.47 Å². The van der Waals surface area contributed by atoms with Crippen LogP contribution in [0.1, 0.15) is 27.5 Å². The van der Waals surface area contributed by atoms with E-state index < -0.39 is 6.04 Å². The van der Waals surface area contributed by atoms with Crippen LogP contribution in [0.4, 0.5) is 11.4 Å². The number of anilines is 2. The average Bonchev–Trinajstić information content (AvgIpc) is 2.96. The Bertz CT molecular complexity index is 1280. The number of amides is 1. The summed E-state index contributed by atoms with van der Waals surface area (Å²) < 4.78 is 10.9. The quantitative estimate of drug-likeness (QED) is 0.536. The van der Waals surface area contributed by atoms with Gasteiger partial charge in [-0.3, -0.25) is 9.79 Å². The molecule has 0 bridgehead atoms. The van der Waals surface area contributed by atoms with Crippen LogP contribution in [0, 0.1) is 0 Å². The second-order valence-corrected chi connectivity index (χ2v) is 8.67. The third-order valence-electron chi connectivity index (χ3n) is 6.61. The van der Waals surface area contributed by atoms with Gasteiger partial charge in [0.1, 0.15) is 29.7 Å². The normalized spacial score (nSPS) is 16.9. The molecule has 8 nitrogen and oxygen atoms in total. The number of ether oxygens (including phenoxy) is 2. The number of carbonyl (C=O) groups is 2. The van der Waals surface area contributed by atoms with Crippen molar-refractivity contribution in [2.75, 3.05) is 50.6 Å². The molecule has 0 spiro atoms. The van der Waals surface area contributed by atoms with Crippen LogP contribution in [0.2, 0.25) is 0 Å². The van der Waals surface area contributed by atoms with Gasteiger partial charge in [-0.25, -0.2) is 0 Å². The largest absolute Gasteiger partial charge is 0.497 e. The van der Waals surface area contributed by atoms with Gasteiger partial charge in [-0.15, -0.1) is 0 Å². The highest BCUT2D eigenvalue weighted by Crippen LogP contribution is 2.40. The van der Waals surface area contributed by atoms with Crippen LogP contribution in [-0.2, 0) is 4.79 Å². The number of amidine groups is 1. The Hall–Kier alpha value is -4.33. The van der Waals surface area contributed by atoms with E-state index in [-0.39, 0.29) is 5.91 Å². The van der Waals surface area contributed by atoms with Crippen molar-refractivity contribution >= 4 is 29.4 Å². The van der Waals surface area contributed by atoms with Crippen molar-refractivity contribution in [3.05, 3.63) is 83.4 Å². The molecule has 2 aliphatic rings. The van der Waals surface area contributed by atoms with Gasteiger partial charge < -0.3 is 29.4 Å². The van der Waals surface area contributed by atoms with Crippen LogP contribution in [0.5, 0.6) is 11.5 Å². The highest BCUT2D eigenvalue weighted by molar-refractivity contribution is 6.11. The van der Waals surface area contributed by atoms with Crippen LogP contribution in [0.3, 0.4) is 0 Å². The van der Waals surface area contributed by atoms with Crippen LogP contribution in [-0.4, -0.2) is 63.3 Å². The van der Waals surface area contributed by atoms with Gasteiger partial charge in [-0.2, -0.15) is 0 Å². The molecule has 0 radical (unpaired) electrons. The van der Waals surface area contributed by atoms with E-state index in [1.165, 1.54) is 0 Å². The SMILES string of the molecule is COc1cc2c(c(OC)c1)C(C=O)N=C(c1ccc(N3CCN(C(=O)c4ccccc4)CC3)cc1)N2. The number of nitrogens with zero attached hydrogens (tertiary/aromatic N) is 3. The Morgan fingerprint density at radius 2 is 1.69 bits per heavy atom. The zero-order valence-electron chi connectivity index (χ0n) is 20.3. The molecular weight excluding hydrogens is 456 g/mol. The maximum absolute atomic E-state index is 12.7. The van der Waals surface area contributed by atoms with E-state index in [0.717, 1.165) is 41.9 Å². The molecule has 0 saturated carbocycles. The Balaban J connectivity index is 1.29. The van der Waals surface area contributed by atoms with Crippen molar-refractivity contribution < 1.29 is 19.1 Å². The molecule has 5 rings (SSSR count). The number of rotatable bonds is 6. The predicted molar refractivity (Wildman–Crippen MR) is 140 cm³/mol. The zero-order chi connectivity index (χ0) is 25.1. The van der Waals surface area contributed by atoms with Gasteiger partial charge in [0.25, 0.3) is 5.91 Å². The highest BCUT2D eigenvalue weighted by atomic mass is 16.5. The average molecular weight is 485 g/mol. The minimum Gasteiger partial charge on any atom is -0.497 e. The molecule has 184 valence electrons. The van der Waals surface area contributed by atoms with Gasteiger partial charge in [0.15, 0.2) is 0 Å². The summed E-state index contributed by atoms with van der Waals surface area (Å²) >= 11 is 0. The fraction of sp³-hybridized carbons (Fsp3) is 0.250. The standard InChI is InChI=1S/C28H28N4O4/c1-35-22-16-23-26(25(17-22)36-2)24(18-33)30-27(29-23)19-8-10-21(11-9-19)31-12-14-32(15-13-31)28(34)20-6-4-3-5-7-20/h3-11,16-18,24H,12-15H2,1-2H3,(H,29,30). The second kappa shape index (κ2) is 10.1. The fourth-order valence-corrected chi connectivity index (χ4v) is 4.67. The third-order valence-corrected chi connectivity index (χ3v) is 6.61. The number of benzene rings is 3. The number of aldehydes is 1. The van der Waals surface area contributed by atoms with Crippen molar-refractivity contribution in [2.45, 2.75) is 6.04 Å². The number of methoxy groups -OCH3 is 2. The van der Waals surface area contributed by atoms with Crippen molar-refractivity contribution in [2.24, 2.45) is 4.99 Å². The molecule has 3 aromatic carbocycles. The number of carbonyl (C=O) groups excluding carboxylic acids is 2. The molecule has 1 amide bonds. The Kier molecular flexibility index (Phi) is 6.58. The van der Waals surface area contributed by atoms with Gasteiger partial charge in [0, 0.05) is 60.7 Å². The summed E-state index contributed by atoms with van der Waals surface area (Å²) in [7, 11) is 3.15. The Morgan fingerprint density at radius 3 is 2.33 bits per heavy atom. The molecule has 1 atom stereocenters. The van der Waals surface area contributed by atoms with Crippen LogP contribution in [0.25, 0.3) is 0 Å². The fourth-order valence-electron chi connectivity index (χ4n) is 4.67. The molecule has 0 aromatic heterocycles. The summed E-state index contributed by atoms with van der Waals surface area (Å²) in [6.07, 6.45) is 0.819. The summed E-state index contributed by atoms with van der Waals surface area (Å²) in [5, 5.41) is 3.33. The van der Waals surface area contributed by atoms with E-state index in [9.17, 15) is 9.59 Å². The van der Waals surface area contributed by atoms with E-state index in [1.807, 2.05) is 65.6 Å². The molecule has 1 saturated heterocycles. The molecule has 2 heterocycles. The molecule has 1 unspecified atom stereocenters. The molecular formula is C28H28N4O4.